The molecule has 1 saturated heterocycles. The minimum atomic E-state index is -0.0835. The summed E-state index contributed by atoms with van der Waals surface area (Å²) in [6.45, 7) is 3.00. The van der Waals surface area contributed by atoms with E-state index in [9.17, 15) is 4.79 Å². The third-order valence-corrected chi connectivity index (χ3v) is 6.82. The Morgan fingerprint density at radius 1 is 1.10 bits per heavy atom. The highest BCUT2D eigenvalue weighted by Gasteiger charge is 2.19. The van der Waals surface area contributed by atoms with Gasteiger partial charge in [-0.3, -0.25) is 14.3 Å². The maximum absolute atomic E-state index is 12.2. The number of thioether (sulfide) groups is 1. The summed E-state index contributed by atoms with van der Waals surface area (Å²) in [6, 6.07) is 12.1. The van der Waals surface area contributed by atoms with Crippen molar-refractivity contribution in [3.8, 4) is 5.69 Å². The van der Waals surface area contributed by atoms with E-state index in [-0.39, 0.29) is 5.56 Å². The smallest absolute Gasteiger partial charge is 0.268 e. The maximum Gasteiger partial charge on any atom is 0.268 e. The van der Waals surface area contributed by atoms with E-state index in [4.69, 9.17) is 0 Å². The van der Waals surface area contributed by atoms with Crippen molar-refractivity contribution in [1.82, 2.24) is 29.6 Å². The van der Waals surface area contributed by atoms with Gasteiger partial charge in [-0.15, -0.1) is 21.5 Å². The molecule has 0 spiro atoms. The summed E-state index contributed by atoms with van der Waals surface area (Å²) in [5, 5.41) is 11.6. The van der Waals surface area contributed by atoms with Gasteiger partial charge in [0.15, 0.2) is 11.0 Å². The first-order valence-corrected chi connectivity index (χ1v) is 11.5. The predicted molar refractivity (Wildman–Crippen MR) is 116 cm³/mol. The summed E-state index contributed by atoms with van der Waals surface area (Å²) >= 11 is 2.95. The molecule has 0 unspecified atom stereocenters. The van der Waals surface area contributed by atoms with Crippen LogP contribution in [0.3, 0.4) is 0 Å². The van der Waals surface area contributed by atoms with Crippen molar-refractivity contribution in [3.63, 3.8) is 0 Å². The molecule has 1 N–H and O–H groups in total. The van der Waals surface area contributed by atoms with Crippen molar-refractivity contribution in [3.05, 3.63) is 63.8 Å². The third-order valence-electron chi connectivity index (χ3n) is 4.98. The standard InChI is InChI=1S/C20H20N6OS2/c27-19-18-15(8-11-28-18)21-16(22-19)13-29-20-24-23-17(12-25-9-4-5-10-25)26(20)14-6-2-1-3-7-14/h1-3,6-8,11H,4-5,9-10,12-13H2,(H,21,22,27). The lowest BCUT2D eigenvalue weighted by Crippen LogP contribution is -2.21. The Bertz CT molecular complexity index is 1180. The summed E-state index contributed by atoms with van der Waals surface area (Å²) in [6.07, 6.45) is 2.48. The quantitative estimate of drug-likeness (QED) is 0.478. The van der Waals surface area contributed by atoms with Gasteiger partial charge in [-0.25, -0.2) is 4.98 Å². The molecule has 9 heteroatoms. The Labute approximate surface area is 175 Å². The van der Waals surface area contributed by atoms with Gasteiger partial charge >= 0.3 is 0 Å². The van der Waals surface area contributed by atoms with Gasteiger partial charge in [0.2, 0.25) is 0 Å². The first kappa shape index (κ1) is 18.5. The molecule has 148 valence electrons. The number of likely N-dealkylation sites (tertiary alicyclic amines) is 1. The maximum atomic E-state index is 12.2. The fraction of sp³-hybridized carbons (Fsp3) is 0.300. The zero-order valence-electron chi connectivity index (χ0n) is 15.7. The van der Waals surface area contributed by atoms with Crippen LogP contribution in [0.1, 0.15) is 24.5 Å². The van der Waals surface area contributed by atoms with Gasteiger partial charge in [0.05, 0.1) is 17.8 Å². The zero-order valence-corrected chi connectivity index (χ0v) is 17.4. The highest BCUT2D eigenvalue weighted by molar-refractivity contribution is 7.98. The number of H-pyrrole nitrogens is 1. The molecule has 29 heavy (non-hydrogen) atoms. The number of para-hydroxylation sites is 1. The van der Waals surface area contributed by atoms with Crippen molar-refractivity contribution in [1.29, 1.82) is 0 Å². The van der Waals surface area contributed by atoms with Gasteiger partial charge in [-0.1, -0.05) is 30.0 Å². The lowest BCUT2D eigenvalue weighted by molar-refractivity contribution is 0.319. The van der Waals surface area contributed by atoms with Crippen LogP contribution in [-0.4, -0.2) is 42.7 Å². The minimum Gasteiger partial charge on any atom is -0.309 e. The lowest BCUT2D eigenvalue weighted by atomic mass is 10.3. The SMILES string of the molecule is O=c1[nH]c(CSc2nnc(CN3CCCC3)n2-c2ccccc2)nc2ccsc12. The molecule has 5 rings (SSSR count). The number of benzene rings is 1. The van der Waals surface area contributed by atoms with E-state index < -0.39 is 0 Å². The topological polar surface area (TPSA) is 79.7 Å². The molecule has 1 aliphatic rings. The van der Waals surface area contributed by atoms with Crippen LogP contribution in [0, 0.1) is 0 Å². The molecule has 1 aliphatic heterocycles. The van der Waals surface area contributed by atoms with Gasteiger partial charge in [0.1, 0.15) is 10.5 Å². The minimum absolute atomic E-state index is 0.0835. The average molecular weight is 425 g/mol. The molecule has 4 aromatic rings. The number of aromatic amines is 1. The Morgan fingerprint density at radius 2 is 1.93 bits per heavy atom. The summed E-state index contributed by atoms with van der Waals surface area (Å²) < 4.78 is 2.78. The van der Waals surface area contributed by atoms with E-state index in [0.29, 0.717) is 16.3 Å². The predicted octanol–water partition coefficient (Wildman–Crippen LogP) is 3.45. The molecule has 0 aliphatic carbocycles. The molecule has 1 aromatic carbocycles. The fourth-order valence-corrected chi connectivity index (χ4v) is 5.16. The van der Waals surface area contributed by atoms with E-state index in [1.54, 1.807) is 0 Å². The number of nitrogens with zero attached hydrogens (tertiary/aromatic N) is 5. The van der Waals surface area contributed by atoms with Crippen LogP contribution in [0.15, 0.2) is 51.7 Å². The Balaban J connectivity index is 1.44. The molecule has 0 saturated carbocycles. The number of fused-ring (bicyclic) bond motifs is 1. The lowest BCUT2D eigenvalue weighted by Gasteiger charge is -2.15. The van der Waals surface area contributed by atoms with Crippen LogP contribution in [0.5, 0.6) is 0 Å². The van der Waals surface area contributed by atoms with Crippen molar-refractivity contribution < 1.29 is 0 Å². The van der Waals surface area contributed by atoms with Crippen LogP contribution in [-0.2, 0) is 12.3 Å². The molecular formula is C20H20N6OS2. The Morgan fingerprint density at radius 3 is 2.76 bits per heavy atom. The Kier molecular flexibility index (Phi) is 5.17. The molecule has 1 fully saturated rings. The van der Waals surface area contributed by atoms with Crippen LogP contribution in [0.25, 0.3) is 15.9 Å². The number of hydrogen-bond acceptors (Lipinski definition) is 7. The molecule has 0 atom stereocenters. The number of hydrogen-bond donors (Lipinski definition) is 1. The van der Waals surface area contributed by atoms with Gasteiger partial charge in [-0.05, 0) is 49.5 Å². The van der Waals surface area contributed by atoms with Crippen LogP contribution in [0.2, 0.25) is 0 Å². The van der Waals surface area contributed by atoms with Crippen molar-refractivity contribution in [2.24, 2.45) is 0 Å². The second kappa shape index (κ2) is 8.10. The van der Waals surface area contributed by atoms with Crippen LogP contribution in [0.4, 0.5) is 0 Å². The summed E-state index contributed by atoms with van der Waals surface area (Å²) in [5.74, 6) is 2.11. The molecule has 7 nitrogen and oxygen atoms in total. The second-order valence-electron chi connectivity index (χ2n) is 6.99. The van der Waals surface area contributed by atoms with Gasteiger partial charge in [0.25, 0.3) is 5.56 Å². The number of aromatic nitrogens is 5. The summed E-state index contributed by atoms with van der Waals surface area (Å²) in [4.78, 5) is 22.1. The molecule has 4 heterocycles. The normalized spacial score (nSPS) is 14.8. The number of nitrogens with one attached hydrogen (secondary N) is 1. The van der Waals surface area contributed by atoms with E-state index in [1.807, 2.05) is 29.6 Å². The molecule has 0 amide bonds. The highest BCUT2D eigenvalue weighted by Crippen LogP contribution is 2.26. The molecule has 0 bridgehead atoms. The van der Waals surface area contributed by atoms with Crippen LogP contribution < -0.4 is 5.56 Å². The summed E-state index contributed by atoms with van der Waals surface area (Å²) in [5.41, 5.74) is 1.71. The number of thiophene rings is 1. The molecular weight excluding hydrogens is 404 g/mol. The van der Waals surface area contributed by atoms with Gasteiger partial charge < -0.3 is 4.98 Å². The van der Waals surface area contributed by atoms with E-state index in [2.05, 4.69) is 41.8 Å². The zero-order chi connectivity index (χ0) is 19.6. The summed E-state index contributed by atoms with van der Waals surface area (Å²) in [7, 11) is 0. The fourth-order valence-electron chi connectivity index (χ4n) is 3.60. The monoisotopic (exact) mass is 424 g/mol. The first-order chi connectivity index (χ1) is 14.3. The molecule has 3 aromatic heterocycles. The largest absolute Gasteiger partial charge is 0.309 e. The highest BCUT2D eigenvalue weighted by atomic mass is 32.2. The van der Waals surface area contributed by atoms with Crippen LogP contribution >= 0.6 is 23.1 Å². The average Bonchev–Trinajstić information content (AvgIpc) is 3.49. The third kappa shape index (κ3) is 3.85. The molecule has 0 radical (unpaired) electrons. The Hall–Kier alpha value is -2.49. The second-order valence-corrected chi connectivity index (χ2v) is 8.85. The van der Waals surface area contributed by atoms with Crippen molar-refractivity contribution in [2.45, 2.75) is 30.3 Å². The van der Waals surface area contributed by atoms with Gasteiger partial charge in [-0.2, -0.15) is 0 Å². The van der Waals surface area contributed by atoms with Crippen molar-refractivity contribution in [2.75, 3.05) is 13.1 Å². The van der Waals surface area contributed by atoms with Gasteiger partial charge in [0, 0.05) is 5.69 Å². The van der Waals surface area contributed by atoms with E-state index in [1.165, 1.54) is 35.9 Å². The number of rotatable bonds is 6. The van der Waals surface area contributed by atoms with E-state index in [0.717, 1.165) is 41.8 Å². The first-order valence-electron chi connectivity index (χ1n) is 9.59. The van der Waals surface area contributed by atoms with Crippen molar-refractivity contribution >= 4 is 33.3 Å². The van der Waals surface area contributed by atoms with E-state index >= 15 is 0 Å².